The third-order valence-corrected chi connectivity index (χ3v) is 1.76. The van der Waals surface area contributed by atoms with Crippen LogP contribution in [0.15, 0.2) is 18.2 Å². The molecule has 0 saturated carbocycles. The molecule has 0 fully saturated rings. The number of hydrogen-bond donors (Lipinski definition) is 1. The smallest absolute Gasteiger partial charge is 0.338 e. The predicted molar refractivity (Wildman–Crippen MR) is 62.1 cm³/mol. The molecule has 1 rings (SSSR count). The SMILES string of the molecule is CC.COC(=O)c1cc(O)cc(C(=O)OC)c1. The monoisotopic (exact) mass is 240 g/mol. The second-order valence-corrected chi connectivity index (χ2v) is 2.75. The minimum atomic E-state index is -0.629. The average molecular weight is 240 g/mol. The van der Waals surface area contributed by atoms with Crippen LogP contribution in [0.4, 0.5) is 0 Å². The lowest BCUT2D eigenvalue weighted by atomic mass is 10.1. The van der Waals surface area contributed by atoms with Crippen LogP contribution in [0.25, 0.3) is 0 Å². The second kappa shape index (κ2) is 7.27. The van der Waals surface area contributed by atoms with Gasteiger partial charge in [-0.1, -0.05) is 13.8 Å². The Kier molecular flexibility index (Phi) is 6.40. The topological polar surface area (TPSA) is 72.8 Å². The molecule has 5 heteroatoms. The van der Waals surface area contributed by atoms with Gasteiger partial charge in [0.05, 0.1) is 25.3 Å². The Labute approximate surface area is 100.0 Å². The Morgan fingerprint density at radius 1 is 0.941 bits per heavy atom. The van der Waals surface area contributed by atoms with Crippen molar-refractivity contribution < 1.29 is 24.2 Å². The van der Waals surface area contributed by atoms with Gasteiger partial charge in [-0.15, -0.1) is 0 Å². The average Bonchev–Trinajstić information content (AvgIpc) is 2.38. The van der Waals surface area contributed by atoms with E-state index in [4.69, 9.17) is 0 Å². The van der Waals surface area contributed by atoms with E-state index in [9.17, 15) is 14.7 Å². The molecule has 0 bridgehead atoms. The molecule has 0 amide bonds. The quantitative estimate of drug-likeness (QED) is 0.800. The molecule has 0 aromatic heterocycles. The van der Waals surface area contributed by atoms with Gasteiger partial charge in [-0.25, -0.2) is 9.59 Å². The molecule has 0 aliphatic rings. The van der Waals surface area contributed by atoms with E-state index in [2.05, 4.69) is 9.47 Å². The molecule has 0 radical (unpaired) electrons. The molecule has 1 aromatic rings. The fourth-order valence-corrected chi connectivity index (χ4v) is 1.08. The summed E-state index contributed by atoms with van der Waals surface area (Å²) >= 11 is 0. The third-order valence-electron chi connectivity index (χ3n) is 1.76. The molecule has 0 heterocycles. The number of methoxy groups -OCH3 is 2. The largest absolute Gasteiger partial charge is 0.508 e. The van der Waals surface area contributed by atoms with Gasteiger partial charge in [0, 0.05) is 0 Å². The fourth-order valence-electron chi connectivity index (χ4n) is 1.08. The summed E-state index contributed by atoms with van der Waals surface area (Å²) in [6.07, 6.45) is 0. The maximum Gasteiger partial charge on any atom is 0.338 e. The lowest BCUT2D eigenvalue weighted by Gasteiger charge is -2.03. The fraction of sp³-hybridized carbons (Fsp3) is 0.333. The Hall–Kier alpha value is -2.04. The highest BCUT2D eigenvalue weighted by Crippen LogP contribution is 2.17. The van der Waals surface area contributed by atoms with Gasteiger partial charge in [-0.05, 0) is 18.2 Å². The van der Waals surface area contributed by atoms with E-state index in [0.29, 0.717) is 0 Å². The minimum absolute atomic E-state index is 0.0953. The van der Waals surface area contributed by atoms with Crippen LogP contribution in [0.2, 0.25) is 0 Å². The van der Waals surface area contributed by atoms with Crippen molar-refractivity contribution in [2.45, 2.75) is 13.8 Å². The first-order chi connectivity index (χ1) is 8.08. The standard InChI is InChI=1S/C10H10O5.C2H6/c1-14-9(12)6-3-7(10(13)15-2)5-8(11)4-6;1-2/h3-5,11H,1-2H3;1-2H3. The number of phenolic OH excluding ortho intramolecular Hbond substituents is 1. The molecule has 0 spiro atoms. The predicted octanol–water partition coefficient (Wildman–Crippen LogP) is 1.99. The van der Waals surface area contributed by atoms with Gasteiger partial charge in [0.2, 0.25) is 0 Å². The number of hydrogen-bond acceptors (Lipinski definition) is 5. The van der Waals surface area contributed by atoms with Crippen LogP contribution in [0.5, 0.6) is 5.75 Å². The van der Waals surface area contributed by atoms with Gasteiger partial charge in [-0.3, -0.25) is 0 Å². The summed E-state index contributed by atoms with van der Waals surface area (Å²) in [6.45, 7) is 4.00. The zero-order chi connectivity index (χ0) is 13.4. The van der Waals surface area contributed by atoms with Crippen molar-refractivity contribution >= 4 is 11.9 Å². The number of esters is 2. The van der Waals surface area contributed by atoms with Gasteiger partial charge < -0.3 is 14.6 Å². The van der Waals surface area contributed by atoms with Gasteiger partial charge in [0.25, 0.3) is 0 Å². The van der Waals surface area contributed by atoms with Crippen molar-refractivity contribution in [3.63, 3.8) is 0 Å². The van der Waals surface area contributed by atoms with E-state index < -0.39 is 11.9 Å². The summed E-state index contributed by atoms with van der Waals surface area (Å²) in [7, 11) is 2.42. The van der Waals surface area contributed by atoms with Crippen LogP contribution in [-0.4, -0.2) is 31.3 Å². The lowest BCUT2D eigenvalue weighted by molar-refractivity contribution is 0.0598. The Morgan fingerprint density at radius 2 is 1.29 bits per heavy atom. The number of carbonyl (C=O) groups excluding carboxylic acids is 2. The molecule has 1 N–H and O–H groups in total. The first kappa shape index (κ1) is 15.0. The molecular weight excluding hydrogens is 224 g/mol. The first-order valence-electron chi connectivity index (χ1n) is 5.09. The van der Waals surface area contributed by atoms with Crippen LogP contribution in [0, 0.1) is 0 Å². The lowest BCUT2D eigenvalue weighted by Crippen LogP contribution is -2.06. The molecule has 94 valence electrons. The van der Waals surface area contributed by atoms with Crippen molar-refractivity contribution in [3.05, 3.63) is 29.3 Å². The number of ether oxygens (including phenoxy) is 2. The Bertz CT molecular complexity index is 364. The number of aromatic hydroxyl groups is 1. The van der Waals surface area contributed by atoms with Gasteiger partial charge in [0.1, 0.15) is 5.75 Å². The van der Waals surface area contributed by atoms with Crippen molar-refractivity contribution in [1.29, 1.82) is 0 Å². The Balaban J connectivity index is 0.00000121. The summed E-state index contributed by atoms with van der Waals surface area (Å²) < 4.78 is 8.91. The van der Waals surface area contributed by atoms with E-state index in [1.54, 1.807) is 0 Å². The normalized spacial score (nSPS) is 8.71. The van der Waals surface area contributed by atoms with E-state index in [1.807, 2.05) is 13.8 Å². The van der Waals surface area contributed by atoms with Crippen LogP contribution in [0.1, 0.15) is 34.6 Å². The second-order valence-electron chi connectivity index (χ2n) is 2.75. The summed E-state index contributed by atoms with van der Waals surface area (Å²) in [4.78, 5) is 22.3. The first-order valence-corrected chi connectivity index (χ1v) is 5.09. The highest BCUT2D eigenvalue weighted by Gasteiger charge is 2.13. The maximum atomic E-state index is 11.1. The van der Waals surface area contributed by atoms with E-state index in [-0.39, 0.29) is 16.9 Å². The molecule has 0 aliphatic heterocycles. The number of rotatable bonds is 2. The highest BCUT2D eigenvalue weighted by molar-refractivity contribution is 5.95. The van der Waals surface area contributed by atoms with E-state index in [1.165, 1.54) is 32.4 Å². The Morgan fingerprint density at radius 3 is 1.59 bits per heavy atom. The van der Waals surface area contributed by atoms with E-state index >= 15 is 0 Å². The van der Waals surface area contributed by atoms with E-state index in [0.717, 1.165) is 0 Å². The van der Waals surface area contributed by atoms with Gasteiger partial charge in [-0.2, -0.15) is 0 Å². The number of phenols is 1. The zero-order valence-electron chi connectivity index (χ0n) is 10.3. The number of benzene rings is 1. The molecule has 5 nitrogen and oxygen atoms in total. The van der Waals surface area contributed by atoms with Crippen molar-refractivity contribution in [2.24, 2.45) is 0 Å². The minimum Gasteiger partial charge on any atom is -0.508 e. The molecular formula is C12H16O5. The molecule has 0 unspecified atom stereocenters. The summed E-state index contributed by atoms with van der Waals surface area (Å²) in [5.74, 6) is -1.45. The summed E-state index contributed by atoms with van der Waals surface area (Å²) in [5.41, 5.74) is 0.191. The highest BCUT2D eigenvalue weighted by atomic mass is 16.5. The van der Waals surface area contributed by atoms with Crippen LogP contribution in [0.3, 0.4) is 0 Å². The third kappa shape index (κ3) is 4.14. The van der Waals surface area contributed by atoms with Crippen LogP contribution >= 0.6 is 0 Å². The zero-order valence-corrected chi connectivity index (χ0v) is 10.3. The maximum absolute atomic E-state index is 11.1. The van der Waals surface area contributed by atoms with Crippen molar-refractivity contribution in [3.8, 4) is 5.75 Å². The molecule has 0 atom stereocenters. The van der Waals surface area contributed by atoms with Gasteiger partial charge in [0.15, 0.2) is 0 Å². The van der Waals surface area contributed by atoms with Crippen LogP contribution < -0.4 is 0 Å². The van der Waals surface area contributed by atoms with Crippen molar-refractivity contribution in [1.82, 2.24) is 0 Å². The number of carbonyl (C=O) groups is 2. The molecule has 17 heavy (non-hydrogen) atoms. The van der Waals surface area contributed by atoms with Crippen molar-refractivity contribution in [2.75, 3.05) is 14.2 Å². The van der Waals surface area contributed by atoms with Gasteiger partial charge >= 0.3 is 11.9 Å². The summed E-state index contributed by atoms with van der Waals surface area (Å²) in [6, 6.07) is 3.70. The molecule has 1 aromatic carbocycles. The summed E-state index contributed by atoms with van der Waals surface area (Å²) in [5, 5.41) is 9.27. The molecule has 0 saturated heterocycles. The molecule has 0 aliphatic carbocycles. The van der Waals surface area contributed by atoms with Crippen LogP contribution in [-0.2, 0) is 9.47 Å².